The summed E-state index contributed by atoms with van der Waals surface area (Å²) in [5.41, 5.74) is 11.5. The number of benzene rings is 1. The minimum Gasteiger partial charge on any atom is -0.508 e. The number of nitrogens with zero attached hydrogens (tertiary/aromatic N) is 4. The van der Waals surface area contributed by atoms with Crippen LogP contribution in [0.1, 0.15) is 38.6 Å². The molecule has 0 fully saturated rings. The van der Waals surface area contributed by atoms with Crippen LogP contribution < -0.4 is 11.1 Å². The van der Waals surface area contributed by atoms with Gasteiger partial charge < -0.3 is 16.2 Å². The number of fused-ring (bicyclic) bond motifs is 1. The molecule has 0 spiro atoms. The van der Waals surface area contributed by atoms with Crippen molar-refractivity contribution in [1.82, 2.24) is 30.0 Å². The van der Waals surface area contributed by atoms with Gasteiger partial charge in [-0.15, -0.1) is 0 Å². The van der Waals surface area contributed by atoms with Gasteiger partial charge in [0, 0.05) is 16.6 Å². The summed E-state index contributed by atoms with van der Waals surface area (Å²) in [4.78, 5) is 21.9. The summed E-state index contributed by atoms with van der Waals surface area (Å²) in [6.45, 7) is 7.78. The third-order valence-corrected chi connectivity index (χ3v) is 5.36. The number of carbonyl (C=O) groups is 1. The number of aromatic hydroxyl groups is 1. The molecule has 0 aliphatic carbocycles. The maximum atomic E-state index is 13.1. The van der Waals surface area contributed by atoms with E-state index in [9.17, 15) is 9.90 Å². The molecule has 0 atom stereocenters. The summed E-state index contributed by atoms with van der Waals surface area (Å²) in [6.07, 6.45) is 1.38. The van der Waals surface area contributed by atoms with Gasteiger partial charge in [-0.05, 0) is 51.0 Å². The molecule has 30 heavy (non-hydrogen) atoms. The molecule has 3 heterocycles. The highest BCUT2D eigenvalue weighted by Crippen LogP contribution is 2.36. The van der Waals surface area contributed by atoms with E-state index >= 15 is 0 Å². The molecule has 154 valence electrons. The summed E-state index contributed by atoms with van der Waals surface area (Å²) >= 11 is 0. The third kappa shape index (κ3) is 3.04. The topological polar surface area (TPSA) is 135 Å². The number of phenolic OH excluding ortho intramolecular Hbond substituents is 1. The van der Waals surface area contributed by atoms with Crippen LogP contribution in [0.3, 0.4) is 0 Å². The number of anilines is 1. The number of H-pyrrole nitrogens is 1. The number of nitrogens with one attached hydrogen (secondary N) is 2. The number of nitrogens with two attached hydrogens (primary N) is 1. The minimum absolute atomic E-state index is 0.150. The Bertz CT molecular complexity index is 1270. The molecule has 5 N–H and O–H groups in total. The summed E-state index contributed by atoms with van der Waals surface area (Å²) in [5.74, 6) is 0.606. The smallest absolute Gasteiger partial charge is 0.256 e. The standard InChI is InChI=1S/C21H23N7O2/c1-10-5-6-15(29)12(3)18(10)28-19(22)17(14-7-11(2)13(4)26-20(14)28)21(30)23-8-16-24-9-25-27-16/h5-7,9,29H,8,22H2,1-4H3,(H,23,30)(H,24,25,27). The second-order valence-electron chi connectivity index (χ2n) is 7.35. The summed E-state index contributed by atoms with van der Waals surface area (Å²) < 4.78 is 1.75. The van der Waals surface area contributed by atoms with Crippen LogP contribution in [0.25, 0.3) is 16.7 Å². The van der Waals surface area contributed by atoms with E-state index in [1.54, 1.807) is 10.6 Å². The molecule has 0 aliphatic heterocycles. The van der Waals surface area contributed by atoms with Gasteiger partial charge in [-0.2, -0.15) is 5.10 Å². The third-order valence-electron chi connectivity index (χ3n) is 5.36. The molecule has 0 saturated carbocycles. The van der Waals surface area contributed by atoms with Crippen LogP contribution in [0.2, 0.25) is 0 Å². The molecule has 9 nitrogen and oxygen atoms in total. The summed E-state index contributed by atoms with van der Waals surface area (Å²) in [7, 11) is 0. The zero-order valence-corrected chi connectivity index (χ0v) is 17.2. The number of hydrogen-bond donors (Lipinski definition) is 4. The molecule has 4 aromatic rings. The van der Waals surface area contributed by atoms with Crippen LogP contribution in [-0.2, 0) is 6.54 Å². The lowest BCUT2D eigenvalue weighted by molar-refractivity contribution is 0.0952. The number of carbonyl (C=O) groups excluding carboxylic acids is 1. The second kappa shape index (κ2) is 7.18. The van der Waals surface area contributed by atoms with Gasteiger partial charge in [0.15, 0.2) is 0 Å². The van der Waals surface area contributed by atoms with Crippen molar-refractivity contribution in [2.24, 2.45) is 0 Å². The highest BCUT2D eigenvalue weighted by molar-refractivity contribution is 6.11. The van der Waals surface area contributed by atoms with Crippen LogP contribution in [-0.4, -0.2) is 35.7 Å². The quantitative estimate of drug-likeness (QED) is 0.412. The Balaban J connectivity index is 1.94. The molecular weight excluding hydrogens is 382 g/mol. The first-order valence-corrected chi connectivity index (χ1v) is 9.49. The van der Waals surface area contributed by atoms with Crippen molar-refractivity contribution in [2.75, 3.05) is 5.73 Å². The molecule has 0 radical (unpaired) electrons. The molecule has 0 saturated heterocycles. The maximum absolute atomic E-state index is 13.1. The molecule has 0 aliphatic rings. The monoisotopic (exact) mass is 405 g/mol. The lowest BCUT2D eigenvalue weighted by atomic mass is 10.1. The van der Waals surface area contributed by atoms with E-state index in [-0.39, 0.29) is 24.0 Å². The molecule has 9 heteroatoms. The van der Waals surface area contributed by atoms with E-state index in [1.165, 1.54) is 6.33 Å². The van der Waals surface area contributed by atoms with Crippen molar-refractivity contribution < 1.29 is 9.90 Å². The predicted molar refractivity (Wildman–Crippen MR) is 114 cm³/mol. The molecule has 1 aromatic carbocycles. The van der Waals surface area contributed by atoms with Gasteiger partial charge in [-0.1, -0.05) is 6.07 Å². The molecule has 3 aromatic heterocycles. The fraction of sp³-hybridized carbons (Fsp3) is 0.238. The van der Waals surface area contributed by atoms with Crippen molar-refractivity contribution in [2.45, 2.75) is 34.2 Å². The number of aromatic nitrogens is 5. The van der Waals surface area contributed by atoms with Crippen LogP contribution in [0, 0.1) is 27.7 Å². The number of nitrogen functional groups attached to an aromatic ring is 1. The Morgan fingerprint density at radius 3 is 2.70 bits per heavy atom. The SMILES string of the molecule is Cc1cc2c(C(=O)NCc3ncn[nH]3)c(N)n(-c3c(C)ccc(O)c3C)c2nc1C. The van der Waals surface area contributed by atoms with Crippen LogP contribution in [0.4, 0.5) is 5.82 Å². The van der Waals surface area contributed by atoms with Gasteiger partial charge in [0.05, 0.1) is 17.8 Å². The van der Waals surface area contributed by atoms with Gasteiger partial charge in [0.25, 0.3) is 5.91 Å². The Hall–Kier alpha value is -3.88. The fourth-order valence-electron chi connectivity index (χ4n) is 3.61. The van der Waals surface area contributed by atoms with Gasteiger partial charge >= 0.3 is 0 Å². The Morgan fingerprint density at radius 2 is 2.00 bits per heavy atom. The second-order valence-corrected chi connectivity index (χ2v) is 7.35. The number of hydrogen-bond acceptors (Lipinski definition) is 6. The normalized spacial score (nSPS) is 11.2. The first-order chi connectivity index (χ1) is 14.3. The Labute approximate surface area is 173 Å². The Kier molecular flexibility index (Phi) is 4.65. The van der Waals surface area contributed by atoms with Gasteiger partial charge in [0.2, 0.25) is 0 Å². The van der Waals surface area contributed by atoms with Crippen LogP contribution in [0.15, 0.2) is 24.5 Å². The van der Waals surface area contributed by atoms with Crippen molar-refractivity contribution in [3.8, 4) is 11.4 Å². The van der Waals surface area contributed by atoms with E-state index in [1.807, 2.05) is 39.8 Å². The molecule has 0 unspecified atom stereocenters. The summed E-state index contributed by atoms with van der Waals surface area (Å²) in [5, 5.41) is 20.3. The average Bonchev–Trinajstić information content (AvgIpc) is 3.31. The zero-order chi connectivity index (χ0) is 21.6. The lowest BCUT2D eigenvalue weighted by Crippen LogP contribution is -2.24. The molecule has 4 rings (SSSR count). The lowest BCUT2D eigenvalue weighted by Gasteiger charge is -2.15. The zero-order valence-electron chi connectivity index (χ0n) is 17.2. The number of aromatic amines is 1. The number of rotatable bonds is 4. The highest BCUT2D eigenvalue weighted by Gasteiger charge is 2.25. The average molecular weight is 405 g/mol. The van der Waals surface area contributed by atoms with Crippen molar-refractivity contribution in [3.05, 3.63) is 58.3 Å². The highest BCUT2D eigenvalue weighted by atomic mass is 16.3. The molecule has 0 bridgehead atoms. The fourth-order valence-corrected chi connectivity index (χ4v) is 3.61. The Morgan fingerprint density at radius 1 is 1.23 bits per heavy atom. The van der Waals surface area contributed by atoms with E-state index in [0.717, 1.165) is 16.8 Å². The number of phenols is 1. The summed E-state index contributed by atoms with van der Waals surface area (Å²) in [6, 6.07) is 5.37. The van der Waals surface area contributed by atoms with E-state index in [0.29, 0.717) is 33.7 Å². The first-order valence-electron chi connectivity index (χ1n) is 9.49. The number of aryl methyl sites for hydroxylation is 3. The molecular formula is C21H23N7O2. The predicted octanol–water partition coefficient (Wildman–Crippen LogP) is 2.60. The number of pyridine rings is 1. The molecule has 1 amide bonds. The van der Waals surface area contributed by atoms with E-state index in [2.05, 4.69) is 20.5 Å². The van der Waals surface area contributed by atoms with Gasteiger partial charge in [-0.3, -0.25) is 14.5 Å². The van der Waals surface area contributed by atoms with Crippen LogP contribution in [0.5, 0.6) is 5.75 Å². The minimum atomic E-state index is -0.340. The van der Waals surface area contributed by atoms with Crippen molar-refractivity contribution >= 4 is 22.8 Å². The van der Waals surface area contributed by atoms with Gasteiger partial charge in [0.1, 0.15) is 29.4 Å². The van der Waals surface area contributed by atoms with E-state index in [4.69, 9.17) is 10.7 Å². The maximum Gasteiger partial charge on any atom is 0.256 e. The van der Waals surface area contributed by atoms with Gasteiger partial charge in [-0.25, -0.2) is 9.97 Å². The van der Waals surface area contributed by atoms with E-state index < -0.39 is 0 Å². The van der Waals surface area contributed by atoms with Crippen LogP contribution >= 0.6 is 0 Å². The number of amides is 1. The van der Waals surface area contributed by atoms with Crippen molar-refractivity contribution in [3.63, 3.8) is 0 Å². The van der Waals surface area contributed by atoms with Crippen molar-refractivity contribution in [1.29, 1.82) is 0 Å². The first kappa shape index (κ1) is 19.4. The largest absolute Gasteiger partial charge is 0.508 e.